The van der Waals surface area contributed by atoms with Crippen molar-refractivity contribution >= 4 is 27.3 Å². The van der Waals surface area contributed by atoms with Crippen LogP contribution in [0.4, 0.5) is 11.4 Å². The van der Waals surface area contributed by atoms with E-state index in [0.29, 0.717) is 24.5 Å². The summed E-state index contributed by atoms with van der Waals surface area (Å²) in [5.74, 6) is -0.0646. The quantitative estimate of drug-likeness (QED) is 0.736. The summed E-state index contributed by atoms with van der Waals surface area (Å²) >= 11 is 0. The van der Waals surface area contributed by atoms with E-state index < -0.39 is 15.9 Å². The highest BCUT2D eigenvalue weighted by Crippen LogP contribution is 2.28. The monoisotopic (exact) mass is 443 g/mol. The average Bonchev–Trinajstić information content (AvgIpc) is 3.34. The summed E-state index contributed by atoms with van der Waals surface area (Å²) in [7, 11) is -2.17. The molecule has 0 aliphatic carbocycles. The van der Waals surface area contributed by atoms with Crippen LogP contribution in [0.25, 0.3) is 0 Å². The number of piperidine rings is 1. The summed E-state index contributed by atoms with van der Waals surface area (Å²) in [6.45, 7) is 3.14. The Bertz CT molecular complexity index is 1030. The molecule has 7 nitrogen and oxygen atoms in total. The van der Waals surface area contributed by atoms with Crippen LogP contribution in [0.5, 0.6) is 5.75 Å². The number of hydrogen-bond donors (Lipinski definition) is 1. The molecule has 0 atom stereocenters. The van der Waals surface area contributed by atoms with E-state index in [0.717, 1.165) is 38.0 Å². The van der Waals surface area contributed by atoms with Crippen molar-refractivity contribution in [2.75, 3.05) is 43.5 Å². The number of amides is 1. The van der Waals surface area contributed by atoms with Crippen LogP contribution in [0.2, 0.25) is 0 Å². The molecular formula is C23H29N3O4S. The first-order chi connectivity index (χ1) is 15.0. The second-order valence-corrected chi connectivity index (χ2v) is 9.96. The van der Waals surface area contributed by atoms with Crippen LogP contribution in [0.3, 0.4) is 0 Å². The molecule has 0 spiro atoms. The van der Waals surface area contributed by atoms with E-state index in [-0.39, 0.29) is 10.5 Å². The fraction of sp³-hybridized carbons (Fsp3) is 0.435. The molecule has 4 rings (SSSR count). The molecule has 0 bridgehead atoms. The first-order valence-electron chi connectivity index (χ1n) is 10.8. The highest BCUT2D eigenvalue weighted by molar-refractivity contribution is 7.89. The summed E-state index contributed by atoms with van der Waals surface area (Å²) in [6.07, 6.45) is 5.16. The van der Waals surface area contributed by atoms with Gasteiger partial charge in [-0.1, -0.05) is 6.42 Å². The van der Waals surface area contributed by atoms with Gasteiger partial charge in [-0.05, 0) is 68.1 Å². The molecule has 2 fully saturated rings. The maximum Gasteiger partial charge on any atom is 0.259 e. The Balaban J connectivity index is 1.54. The molecule has 2 aliphatic rings. The van der Waals surface area contributed by atoms with Crippen LogP contribution in [0, 0.1) is 0 Å². The Labute approximate surface area is 184 Å². The van der Waals surface area contributed by atoms with E-state index >= 15 is 0 Å². The van der Waals surface area contributed by atoms with Crippen LogP contribution in [-0.2, 0) is 10.0 Å². The second kappa shape index (κ2) is 9.28. The van der Waals surface area contributed by atoms with Gasteiger partial charge in [0.15, 0.2) is 0 Å². The van der Waals surface area contributed by atoms with Crippen LogP contribution >= 0.6 is 0 Å². The van der Waals surface area contributed by atoms with Crippen molar-refractivity contribution in [3.8, 4) is 5.75 Å². The highest BCUT2D eigenvalue weighted by atomic mass is 32.2. The Morgan fingerprint density at radius 3 is 2.19 bits per heavy atom. The van der Waals surface area contributed by atoms with Gasteiger partial charge in [0.25, 0.3) is 5.91 Å². The van der Waals surface area contributed by atoms with Crippen LogP contribution in [0.15, 0.2) is 47.4 Å². The smallest absolute Gasteiger partial charge is 0.259 e. The third-order valence-electron chi connectivity index (χ3n) is 5.96. The summed E-state index contributed by atoms with van der Waals surface area (Å²) in [5.41, 5.74) is 1.99. The molecule has 2 aromatic carbocycles. The predicted molar refractivity (Wildman–Crippen MR) is 121 cm³/mol. The molecule has 2 saturated heterocycles. The molecule has 0 aromatic heterocycles. The maximum atomic E-state index is 13.0. The van der Waals surface area contributed by atoms with Gasteiger partial charge in [-0.15, -0.1) is 0 Å². The number of hydrogen-bond acceptors (Lipinski definition) is 5. The van der Waals surface area contributed by atoms with E-state index in [2.05, 4.69) is 10.2 Å². The van der Waals surface area contributed by atoms with Crippen molar-refractivity contribution in [1.82, 2.24) is 4.31 Å². The van der Waals surface area contributed by atoms with E-state index in [4.69, 9.17) is 4.74 Å². The Morgan fingerprint density at radius 1 is 0.903 bits per heavy atom. The number of carbonyl (C=O) groups excluding carboxylic acids is 1. The standard InChI is InChI=1S/C23H29N3O4S/c1-30-22-12-11-20(31(28,29)26-15-3-2-4-16-26)17-21(22)23(27)24-18-7-9-19(10-8-18)25-13-5-6-14-25/h7-12,17H,2-6,13-16H2,1H3,(H,24,27). The van der Waals surface area contributed by atoms with Gasteiger partial charge in [0.1, 0.15) is 5.75 Å². The van der Waals surface area contributed by atoms with Gasteiger partial charge in [0.05, 0.1) is 17.6 Å². The molecule has 8 heteroatoms. The van der Waals surface area contributed by atoms with E-state index in [1.807, 2.05) is 24.3 Å². The number of methoxy groups -OCH3 is 1. The highest BCUT2D eigenvalue weighted by Gasteiger charge is 2.27. The summed E-state index contributed by atoms with van der Waals surface area (Å²) in [4.78, 5) is 15.4. The molecule has 0 saturated carbocycles. The third kappa shape index (κ3) is 4.70. The number of sulfonamides is 1. The molecule has 166 valence electrons. The molecule has 2 aromatic rings. The lowest BCUT2D eigenvalue weighted by molar-refractivity contribution is 0.102. The number of anilines is 2. The summed E-state index contributed by atoms with van der Waals surface area (Å²) in [5, 5.41) is 2.86. The lowest BCUT2D eigenvalue weighted by Crippen LogP contribution is -2.35. The number of benzene rings is 2. The molecule has 2 heterocycles. The third-order valence-corrected chi connectivity index (χ3v) is 7.86. The number of rotatable bonds is 6. The van der Waals surface area contributed by atoms with Crippen molar-refractivity contribution < 1.29 is 17.9 Å². The number of nitrogens with zero attached hydrogens (tertiary/aromatic N) is 2. The van der Waals surface area contributed by atoms with Gasteiger partial charge >= 0.3 is 0 Å². The lowest BCUT2D eigenvalue weighted by atomic mass is 10.1. The van der Waals surface area contributed by atoms with Gasteiger partial charge in [-0.25, -0.2) is 8.42 Å². The minimum Gasteiger partial charge on any atom is -0.496 e. The Kier molecular flexibility index (Phi) is 6.48. The topological polar surface area (TPSA) is 79.0 Å². The van der Waals surface area contributed by atoms with Crippen molar-refractivity contribution in [3.63, 3.8) is 0 Å². The molecule has 0 unspecified atom stereocenters. The number of carbonyl (C=O) groups is 1. The normalized spacial score (nSPS) is 17.5. The van der Waals surface area contributed by atoms with E-state index in [1.165, 1.54) is 36.4 Å². The van der Waals surface area contributed by atoms with Crippen molar-refractivity contribution in [2.24, 2.45) is 0 Å². The van der Waals surface area contributed by atoms with E-state index in [1.54, 1.807) is 6.07 Å². The molecule has 31 heavy (non-hydrogen) atoms. The van der Waals surface area contributed by atoms with E-state index in [9.17, 15) is 13.2 Å². The molecule has 1 amide bonds. The number of ether oxygens (including phenoxy) is 1. The summed E-state index contributed by atoms with van der Waals surface area (Å²) in [6, 6.07) is 12.2. The SMILES string of the molecule is COc1ccc(S(=O)(=O)N2CCCCC2)cc1C(=O)Nc1ccc(N2CCCC2)cc1. The Morgan fingerprint density at radius 2 is 1.55 bits per heavy atom. The van der Waals surface area contributed by atoms with Crippen molar-refractivity contribution in [3.05, 3.63) is 48.0 Å². The average molecular weight is 444 g/mol. The zero-order valence-corrected chi connectivity index (χ0v) is 18.7. The second-order valence-electron chi connectivity index (χ2n) is 8.02. The predicted octanol–water partition coefficient (Wildman–Crippen LogP) is 3.72. The Hall–Kier alpha value is -2.58. The fourth-order valence-corrected chi connectivity index (χ4v) is 5.75. The van der Waals surface area contributed by atoms with Crippen LogP contribution in [0.1, 0.15) is 42.5 Å². The molecule has 0 radical (unpaired) electrons. The van der Waals surface area contributed by atoms with Gasteiger partial charge < -0.3 is 15.0 Å². The van der Waals surface area contributed by atoms with Gasteiger partial charge in [0, 0.05) is 37.6 Å². The maximum absolute atomic E-state index is 13.0. The molecule has 2 aliphatic heterocycles. The fourth-order valence-electron chi connectivity index (χ4n) is 4.21. The van der Waals surface area contributed by atoms with Crippen LogP contribution < -0.4 is 15.0 Å². The first-order valence-corrected chi connectivity index (χ1v) is 12.3. The zero-order chi connectivity index (χ0) is 21.8. The lowest BCUT2D eigenvalue weighted by Gasteiger charge is -2.26. The minimum atomic E-state index is -3.64. The van der Waals surface area contributed by atoms with Crippen molar-refractivity contribution in [1.29, 1.82) is 0 Å². The van der Waals surface area contributed by atoms with Crippen LogP contribution in [-0.4, -0.2) is 51.9 Å². The van der Waals surface area contributed by atoms with Gasteiger partial charge in [0.2, 0.25) is 10.0 Å². The van der Waals surface area contributed by atoms with Gasteiger partial charge in [-0.3, -0.25) is 4.79 Å². The zero-order valence-electron chi connectivity index (χ0n) is 17.8. The number of nitrogens with one attached hydrogen (secondary N) is 1. The minimum absolute atomic E-state index is 0.115. The molecular weight excluding hydrogens is 414 g/mol. The van der Waals surface area contributed by atoms with Gasteiger partial charge in [-0.2, -0.15) is 4.31 Å². The summed E-state index contributed by atoms with van der Waals surface area (Å²) < 4.78 is 32.9. The molecule has 1 N–H and O–H groups in total. The largest absolute Gasteiger partial charge is 0.496 e. The first kappa shape index (κ1) is 21.6. The van der Waals surface area contributed by atoms with Crippen molar-refractivity contribution in [2.45, 2.75) is 37.0 Å².